The largest absolute Gasteiger partial charge is 0.493 e. The van der Waals surface area contributed by atoms with Gasteiger partial charge in [0.1, 0.15) is 0 Å². The molecule has 2 aromatic carbocycles. The van der Waals surface area contributed by atoms with Crippen molar-refractivity contribution in [1.82, 2.24) is 9.88 Å². The van der Waals surface area contributed by atoms with E-state index in [2.05, 4.69) is 52.4 Å². The van der Waals surface area contributed by atoms with Crippen molar-refractivity contribution in [2.75, 3.05) is 33.9 Å². The summed E-state index contributed by atoms with van der Waals surface area (Å²) in [6.07, 6.45) is 7.55. The van der Waals surface area contributed by atoms with E-state index >= 15 is 0 Å². The molecule has 0 fully saturated rings. The molecule has 3 aromatic rings. The maximum Gasteiger partial charge on any atom is 0.164 e. The van der Waals surface area contributed by atoms with Gasteiger partial charge in [0.05, 0.1) is 14.2 Å². The van der Waals surface area contributed by atoms with Crippen LogP contribution in [0.2, 0.25) is 0 Å². The zero-order chi connectivity index (χ0) is 19.3. The van der Waals surface area contributed by atoms with Crippen molar-refractivity contribution >= 4 is 16.5 Å². The van der Waals surface area contributed by atoms with E-state index < -0.39 is 0 Å². The molecule has 146 valence electrons. The Balaban J connectivity index is 1.41. The lowest BCUT2D eigenvalue weighted by molar-refractivity contribution is 0.297. The molecule has 4 rings (SSSR count). The number of rotatable bonds is 7. The number of nitrogens with one attached hydrogen (secondary N) is 1. The summed E-state index contributed by atoms with van der Waals surface area (Å²) in [5, 5.41) is 1.22. The third-order valence-electron chi connectivity index (χ3n) is 5.64. The maximum absolute atomic E-state index is 5.69. The van der Waals surface area contributed by atoms with Crippen LogP contribution in [0.3, 0.4) is 0 Å². The fourth-order valence-corrected chi connectivity index (χ4v) is 4.16. The number of fused-ring (bicyclic) bond motifs is 1. The van der Waals surface area contributed by atoms with E-state index in [1.807, 2.05) is 12.3 Å². The minimum Gasteiger partial charge on any atom is -0.493 e. The van der Waals surface area contributed by atoms with Crippen molar-refractivity contribution in [3.8, 4) is 11.5 Å². The van der Waals surface area contributed by atoms with Crippen molar-refractivity contribution in [2.45, 2.75) is 19.3 Å². The molecule has 0 spiro atoms. The molecule has 0 bridgehead atoms. The van der Waals surface area contributed by atoms with Crippen LogP contribution in [-0.2, 0) is 6.42 Å². The molecule has 0 radical (unpaired) electrons. The molecule has 0 unspecified atom stereocenters. The molecule has 1 N–H and O–H groups in total. The first-order valence-electron chi connectivity index (χ1n) is 9.98. The lowest BCUT2D eigenvalue weighted by Gasteiger charge is -2.26. The Morgan fingerprint density at radius 3 is 2.64 bits per heavy atom. The zero-order valence-electron chi connectivity index (χ0n) is 16.7. The third kappa shape index (κ3) is 3.78. The van der Waals surface area contributed by atoms with E-state index in [0.29, 0.717) is 0 Å². The van der Waals surface area contributed by atoms with Crippen LogP contribution in [-0.4, -0.2) is 43.7 Å². The van der Waals surface area contributed by atoms with E-state index in [9.17, 15) is 0 Å². The summed E-state index contributed by atoms with van der Waals surface area (Å²) in [7, 11) is 3.42. The first-order chi connectivity index (χ1) is 13.8. The van der Waals surface area contributed by atoms with Crippen molar-refractivity contribution in [2.24, 2.45) is 0 Å². The number of methoxy groups -OCH3 is 2. The zero-order valence-corrected chi connectivity index (χ0v) is 16.7. The molecule has 1 aliphatic rings. The van der Waals surface area contributed by atoms with Gasteiger partial charge in [0, 0.05) is 41.8 Å². The molecule has 0 saturated heterocycles. The van der Waals surface area contributed by atoms with Crippen LogP contribution in [0.15, 0.2) is 54.7 Å². The molecule has 28 heavy (non-hydrogen) atoms. The van der Waals surface area contributed by atoms with E-state index in [4.69, 9.17) is 9.47 Å². The standard InChI is InChI=1S/C24H28N2O2/c1-27-23-17-22-20(10-13-25-22)21(24(23)28-2)9-6-14-26-15-11-19(12-16-26)18-7-4-3-5-8-18/h3-5,7-8,10-11,13,17,25H,6,9,12,14-16H2,1-2H3. The summed E-state index contributed by atoms with van der Waals surface area (Å²) in [4.78, 5) is 5.83. The molecule has 2 heterocycles. The summed E-state index contributed by atoms with van der Waals surface area (Å²) in [5.74, 6) is 1.65. The molecule has 0 saturated carbocycles. The first-order valence-corrected chi connectivity index (χ1v) is 9.98. The highest BCUT2D eigenvalue weighted by Crippen LogP contribution is 2.37. The summed E-state index contributed by atoms with van der Waals surface area (Å²) < 4.78 is 11.2. The summed E-state index contributed by atoms with van der Waals surface area (Å²) in [6.45, 7) is 3.24. The Kier molecular flexibility index (Phi) is 5.68. The van der Waals surface area contributed by atoms with Crippen LogP contribution in [0.1, 0.15) is 24.0 Å². The third-order valence-corrected chi connectivity index (χ3v) is 5.64. The van der Waals surface area contributed by atoms with Gasteiger partial charge in [0.2, 0.25) is 0 Å². The number of nitrogens with zero attached hydrogens (tertiary/aromatic N) is 1. The number of hydrogen-bond acceptors (Lipinski definition) is 3. The van der Waals surface area contributed by atoms with Crippen LogP contribution in [0.5, 0.6) is 11.5 Å². The second-order valence-electron chi connectivity index (χ2n) is 7.28. The molecule has 0 aliphatic carbocycles. The number of aromatic amines is 1. The monoisotopic (exact) mass is 376 g/mol. The Morgan fingerprint density at radius 2 is 1.93 bits per heavy atom. The molecular formula is C24H28N2O2. The highest BCUT2D eigenvalue weighted by Gasteiger charge is 2.17. The van der Waals surface area contributed by atoms with Gasteiger partial charge in [-0.05, 0) is 43.0 Å². The number of benzene rings is 2. The highest BCUT2D eigenvalue weighted by atomic mass is 16.5. The Labute approximate surface area is 166 Å². The van der Waals surface area contributed by atoms with Crippen molar-refractivity contribution in [3.63, 3.8) is 0 Å². The number of hydrogen-bond donors (Lipinski definition) is 1. The highest BCUT2D eigenvalue weighted by molar-refractivity contribution is 5.87. The summed E-state index contributed by atoms with van der Waals surface area (Å²) in [6, 6.07) is 14.9. The van der Waals surface area contributed by atoms with Gasteiger partial charge in [0.25, 0.3) is 0 Å². The molecular weight excluding hydrogens is 348 g/mol. The van der Waals surface area contributed by atoms with Crippen LogP contribution in [0, 0.1) is 0 Å². The topological polar surface area (TPSA) is 37.5 Å². The van der Waals surface area contributed by atoms with E-state index in [1.54, 1.807) is 14.2 Å². The van der Waals surface area contributed by atoms with Crippen molar-refractivity contribution in [1.29, 1.82) is 0 Å². The van der Waals surface area contributed by atoms with Gasteiger partial charge in [0.15, 0.2) is 11.5 Å². The van der Waals surface area contributed by atoms with Gasteiger partial charge >= 0.3 is 0 Å². The molecule has 4 heteroatoms. The van der Waals surface area contributed by atoms with Gasteiger partial charge in [-0.2, -0.15) is 0 Å². The molecule has 0 atom stereocenters. The second kappa shape index (κ2) is 8.53. The quantitative estimate of drug-likeness (QED) is 0.637. The normalized spacial score (nSPS) is 14.9. The van der Waals surface area contributed by atoms with Crippen molar-refractivity contribution < 1.29 is 9.47 Å². The van der Waals surface area contributed by atoms with E-state index in [0.717, 1.165) is 55.9 Å². The first kappa shape index (κ1) is 18.6. The minimum absolute atomic E-state index is 0.792. The van der Waals surface area contributed by atoms with Gasteiger partial charge in [-0.3, -0.25) is 4.90 Å². The maximum atomic E-state index is 5.69. The molecule has 1 aromatic heterocycles. The lowest BCUT2D eigenvalue weighted by Crippen LogP contribution is -2.29. The van der Waals surface area contributed by atoms with Gasteiger partial charge in [-0.1, -0.05) is 36.4 Å². The molecule has 4 nitrogen and oxygen atoms in total. The van der Waals surface area contributed by atoms with Gasteiger partial charge in [-0.25, -0.2) is 0 Å². The summed E-state index contributed by atoms with van der Waals surface area (Å²) in [5.41, 5.74) is 5.16. The van der Waals surface area contributed by atoms with E-state index in [-0.39, 0.29) is 0 Å². The van der Waals surface area contributed by atoms with Crippen molar-refractivity contribution in [3.05, 3.63) is 65.9 Å². The fraction of sp³-hybridized carbons (Fsp3) is 0.333. The number of ether oxygens (including phenoxy) is 2. The Morgan fingerprint density at radius 1 is 1.07 bits per heavy atom. The minimum atomic E-state index is 0.792. The lowest BCUT2D eigenvalue weighted by atomic mass is 9.99. The smallest absolute Gasteiger partial charge is 0.164 e. The average Bonchev–Trinajstić information content (AvgIpc) is 3.23. The van der Waals surface area contributed by atoms with E-state index in [1.165, 1.54) is 22.1 Å². The second-order valence-corrected chi connectivity index (χ2v) is 7.28. The van der Waals surface area contributed by atoms with Gasteiger partial charge < -0.3 is 14.5 Å². The predicted octanol–water partition coefficient (Wildman–Crippen LogP) is 4.91. The fourth-order valence-electron chi connectivity index (χ4n) is 4.16. The van der Waals surface area contributed by atoms with Crippen LogP contribution >= 0.6 is 0 Å². The predicted molar refractivity (Wildman–Crippen MR) is 115 cm³/mol. The number of H-pyrrole nitrogens is 1. The number of aromatic nitrogens is 1. The van der Waals surface area contributed by atoms with Gasteiger partial charge in [-0.15, -0.1) is 0 Å². The van der Waals surface area contributed by atoms with Crippen LogP contribution in [0.4, 0.5) is 0 Å². The Hall–Kier alpha value is -2.72. The van der Waals surface area contributed by atoms with Crippen LogP contribution < -0.4 is 9.47 Å². The van der Waals surface area contributed by atoms with Crippen LogP contribution in [0.25, 0.3) is 16.5 Å². The molecule has 0 amide bonds. The SMILES string of the molecule is COc1cc2[nH]ccc2c(CCCN2CC=C(c3ccccc3)CC2)c1OC. The average molecular weight is 377 g/mol. The molecule has 1 aliphatic heterocycles. The number of aryl methyl sites for hydroxylation is 1. The summed E-state index contributed by atoms with van der Waals surface area (Å²) >= 11 is 0. The Bertz CT molecular complexity index is 959.